The monoisotopic (exact) mass is 220 g/mol. The van der Waals surface area contributed by atoms with Gasteiger partial charge in [0.2, 0.25) is 0 Å². The molecule has 4 heteroatoms. The highest BCUT2D eigenvalue weighted by molar-refractivity contribution is 6.79. The van der Waals surface area contributed by atoms with Gasteiger partial charge in [-0.1, -0.05) is 13.8 Å². The molecule has 0 aromatic carbocycles. The highest BCUT2D eigenvalue weighted by atomic mass is 28.4. The summed E-state index contributed by atoms with van der Waals surface area (Å²) in [6.45, 7) is 9.34. The zero-order valence-electron chi connectivity index (χ0n) is 9.47. The third kappa shape index (κ3) is 5.62. The zero-order valence-corrected chi connectivity index (χ0v) is 11.6. The van der Waals surface area contributed by atoms with Crippen LogP contribution >= 0.6 is 0 Å². The lowest BCUT2D eigenvalue weighted by molar-refractivity contribution is 0.292. The Labute approximate surface area is 85.2 Å². The molecule has 0 fully saturated rings. The lowest BCUT2D eigenvalue weighted by Crippen LogP contribution is -2.38. The Morgan fingerprint density at radius 2 is 2.00 bits per heavy atom. The molecule has 0 bridgehead atoms. The van der Waals surface area contributed by atoms with Crippen LogP contribution in [0.5, 0.6) is 0 Å². The molecular formula is C9H24O2Si2. The summed E-state index contributed by atoms with van der Waals surface area (Å²) >= 11 is 0. The van der Waals surface area contributed by atoms with E-state index in [1.54, 1.807) is 0 Å². The van der Waals surface area contributed by atoms with Crippen molar-refractivity contribution in [3.63, 3.8) is 0 Å². The minimum Gasteiger partial charge on any atom is -0.458 e. The van der Waals surface area contributed by atoms with Crippen molar-refractivity contribution in [3.05, 3.63) is 0 Å². The van der Waals surface area contributed by atoms with Crippen molar-refractivity contribution in [2.45, 2.75) is 51.5 Å². The van der Waals surface area contributed by atoms with Crippen molar-refractivity contribution in [3.8, 4) is 0 Å². The molecule has 2 nitrogen and oxygen atoms in total. The van der Waals surface area contributed by atoms with Crippen LogP contribution in [0.4, 0.5) is 0 Å². The van der Waals surface area contributed by atoms with Crippen molar-refractivity contribution in [2.75, 3.05) is 6.61 Å². The Morgan fingerprint density at radius 1 is 1.38 bits per heavy atom. The van der Waals surface area contributed by atoms with Crippen LogP contribution in [0.1, 0.15) is 20.3 Å². The predicted octanol–water partition coefficient (Wildman–Crippen LogP) is 2.35. The Morgan fingerprint density at radius 3 is 2.38 bits per heavy atom. The van der Waals surface area contributed by atoms with E-state index in [1.165, 1.54) is 12.1 Å². The maximum atomic E-state index is 8.79. The van der Waals surface area contributed by atoms with E-state index in [2.05, 4.69) is 26.9 Å². The first-order chi connectivity index (χ1) is 6.08. The van der Waals surface area contributed by atoms with Crippen molar-refractivity contribution in [1.29, 1.82) is 0 Å². The average molecular weight is 220 g/mol. The summed E-state index contributed by atoms with van der Waals surface area (Å²) < 4.78 is 6.20. The number of hydrogen-bond acceptors (Lipinski definition) is 2. The molecule has 80 valence electrons. The predicted molar refractivity (Wildman–Crippen MR) is 63.2 cm³/mol. The van der Waals surface area contributed by atoms with Gasteiger partial charge in [0.05, 0.1) is 0 Å². The molecule has 0 saturated carbocycles. The van der Waals surface area contributed by atoms with Crippen LogP contribution in [-0.4, -0.2) is 29.1 Å². The van der Waals surface area contributed by atoms with Crippen LogP contribution < -0.4 is 0 Å². The lowest BCUT2D eigenvalue weighted by atomic mass is 10.5. The van der Waals surface area contributed by atoms with E-state index in [9.17, 15) is 0 Å². The van der Waals surface area contributed by atoms with E-state index < -0.39 is 17.4 Å². The highest BCUT2D eigenvalue weighted by Gasteiger charge is 2.27. The second-order valence-electron chi connectivity index (χ2n) is 3.97. The Hall–Kier alpha value is 0.354. The van der Waals surface area contributed by atoms with Crippen LogP contribution in [-0.2, 0) is 4.12 Å². The summed E-state index contributed by atoms with van der Waals surface area (Å²) in [5.74, 6) is 0. The van der Waals surface area contributed by atoms with Crippen LogP contribution in [0, 0.1) is 0 Å². The molecule has 0 rings (SSSR count). The standard InChI is InChI=1S/C9H24O2Si2/c1-5-12(3)11-13(4,6-2)9-7-8-10/h10,12H,5-9H2,1-4H3. The van der Waals surface area contributed by atoms with Gasteiger partial charge in [0.25, 0.3) is 0 Å². The summed E-state index contributed by atoms with van der Waals surface area (Å²) in [5.41, 5.74) is 0. The van der Waals surface area contributed by atoms with E-state index in [1.807, 2.05) is 0 Å². The van der Waals surface area contributed by atoms with Crippen LogP contribution in [0.3, 0.4) is 0 Å². The number of aliphatic hydroxyl groups excluding tert-OH is 1. The van der Waals surface area contributed by atoms with Gasteiger partial charge in [0.15, 0.2) is 17.4 Å². The van der Waals surface area contributed by atoms with Crippen LogP contribution in [0.25, 0.3) is 0 Å². The van der Waals surface area contributed by atoms with Gasteiger partial charge in [-0.2, -0.15) is 0 Å². The second kappa shape index (κ2) is 6.76. The normalized spacial score (nSPS) is 18.2. The van der Waals surface area contributed by atoms with Gasteiger partial charge >= 0.3 is 0 Å². The average Bonchev–Trinajstić information content (AvgIpc) is 2.14. The highest BCUT2D eigenvalue weighted by Crippen LogP contribution is 2.20. The summed E-state index contributed by atoms with van der Waals surface area (Å²) in [7, 11) is -2.31. The van der Waals surface area contributed by atoms with Crippen LogP contribution in [0.15, 0.2) is 0 Å². The van der Waals surface area contributed by atoms with E-state index in [4.69, 9.17) is 9.22 Å². The smallest absolute Gasteiger partial charge is 0.176 e. The molecule has 0 amide bonds. The SMILES string of the molecule is CC[SiH](C)O[Si](C)(CC)CCCO. The van der Waals surface area contributed by atoms with Gasteiger partial charge in [-0.05, 0) is 37.6 Å². The first-order valence-corrected chi connectivity index (χ1v) is 10.6. The van der Waals surface area contributed by atoms with Gasteiger partial charge in [-0.15, -0.1) is 0 Å². The topological polar surface area (TPSA) is 29.5 Å². The van der Waals surface area contributed by atoms with Gasteiger partial charge in [0, 0.05) is 6.61 Å². The summed E-state index contributed by atoms with van der Waals surface area (Å²) in [4.78, 5) is 0. The third-order valence-electron chi connectivity index (χ3n) is 2.67. The second-order valence-corrected chi connectivity index (χ2v) is 11.5. The molecule has 0 aromatic rings. The molecule has 0 radical (unpaired) electrons. The fourth-order valence-electron chi connectivity index (χ4n) is 1.34. The molecule has 1 N–H and O–H groups in total. The molecular weight excluding hydrogens is 196 g/mol. The van der Waals surface area contributed by atoms with Crippen molar-refractivity contribution >= 4 is 17.4 Å². The largest absolute Gasteiger partial charge is 0.458 e. The number of hydrogen-bond donors (Lipinski definition) is 1. The molecule has 0 spiro atoms. The van der Waals surface area contributed by atoms with E-state index in [-0.39, 0.29) is 0 Å². The summed E-state index contributed by atoms with van der Waals surface area (Å²) in [5, 5.41) is 8.79. The Balaban J connectivity index is 3.94. The molecule has 0 aliphatic carbocycles. The van der Waals surface area contributed by atoms with Crippen molar-refractivity contribution in [1.82, 2.24) is 0 Å². The molecule has 2 atom stereocenters. The first-order valence-electron chi connectivity index (χ1n) is 5.36. The molecule has 2 unspecified atom stereocenters. The van der Waals surface area contributed by atoms with Gasteiger partial charge < -0.3 is 9.22 Å². The maximum absolute atomic E-state index is 8.79. The zero-order chi connectivity index (χ0) is 10.3. The van der Waals surface area contributed by atoms with Gasteiger partial charge in [0.1, 0.15) is 0 Å². The minimum absolute atomic E-state index is 0.314. The fraction of sp³-hybridized carbons (Fsp3) is 1.00. The number of rotatable bonds is 7. The van der Waals surface area contributed by atoms with E-state index in [0.29, 0.717) is 6.61 Å². The molecule has 0 aromatic heterocycles. The maximum Gasteiger partial charge on any atom is 0.176 e. The molecule has 0 aliphatic heterocycles. The van der Waals surface area contributed by atoms with Crippen molar-refractivity contribution < 1.29 is 9.22 Å². The Kier molecular flexibility index (Phi) is 6.94. The van der Waals surface area contributed by atoms with E-state index in [0.717, 1.165) is 12.5 Å². The van der Waals surface area contributed by atoms with Crippen molar-refractivity contribution in [2.24, 2.45) is 0 Å². The first kappa shape index (κ1) is 13.4. The van der Waals surface area contributed by atoms with Crippen LogP contribution in [0.2, 0.25) is 31.2 Å². The summed E-state index contributed by atoms with van der Waals surface area (Å²) in [6.07, 6.45) is 0.918. The molecule has 0 saturated heterocycles. The van der Waals surface area contributed by atoms with Gasteiger partial charge in [-0.3, -0.25) is 0 Å². The summed E-state index contributed by atoms with van der Waals surface area (Å²) in [6, 6.07) is 3.53. The van der Waals surface area contributed by atoms with E-state index >= 15 is 0 Å². The Bertz CT molecular complexity index is 133. The minimum atomic E-state index is -1.43. The number of aliphatic hydroxyl groups is 1. The third-order valence-corrected chi connectivity index (χ3v) is 10.6. The lowest BCUT2D eigenvalue weighted by Gasteiger charge is -2.29. The molecule has 0 heterocycles. The fourth-order valence-corrected chi connectivity index (χ4v) is 8.29. The quantitative estimate of drug-likeness (QED) is 0.668. The van der Waals surface area contributed by atoms with Gasteiger partial charge in [-0.25, -0.2) is 0 Å². The molecule has 0 aliphatic rings. The molecule has 13 heavy (non-hydrogen) atoms.